The topological polar surface area (TPSA) is 55.1 Å². The molecule has 3 rings (SSSR count). The summed E-state index contributed by atoms with van der Waals surface area (Å²) in [4.78, 5) is 15.5. The molecule has 2 heterocycles. The van der Waals surface area contributed by atoms with Crippen molar-refractivity contribution in [2.45, 2.75) is 13.5 Å². The number of fused-ring (bicyclic) bond motifs is 1. The molecule has 0 atom stereocenters. The second-order valence-electron chi connectivity index (χ2n) is 4.79. The van der Waals surface area contributed by atoms with Crippen LogP contribution in [0.25, 0.3) is 10.9 Å². The maximum Gasteiger partial charge on any atom is 0.335 e. The van der Waals surface area contributed by atoms with Crippen LogP contribution in [0.5, 0.6) is 0 Å². The lowest BCUT2D eigenvalue weighted by Crippen LogP contribution is -2.02. The maximum absolute atomic E-state index is 11.1. The van der Waals surface area contributed by atoms with Crippen LogP contribution >= 0.6 is 0 Å². The molecule has 0 radical (unpaired) electrons. The first-order chi connectivity index (χ1) is 9.63. The first kappa shape index (κ1) is 12.4. The van der Waals surface area contributed by atoms with Gasteiger partial charge in [0.2, 0.25) is 0 Å². The van der Waals surface area contributed by atoms with Gasteiger partial charge in [-0.05, 0) is 42.6 Å². The van der Waals surface area contributed by atoms with Crippen molar-refractivity contribution in [3.63, 3.8) is 0 Å². The molecule has 0 saturated carbocycles. The van der Waals surface area contributed by atoms with Gasteiger partial charge in [0, 0.05) is 17.4 Å². The largest absolute Gasteiger partial charge is 0.478 e. The van der Waals surface area contributed by atoms with E-state index >= 15 is 0 Å². The molecule has 100 valence electrons. The minimum absolute atomic E-state index is 0.301. The summed E-state index contributed by atoms with van der Waals surface area (Å²) < 4.78 is 2.02. The number of hydrogen-bond acceptors (Lipinski definition) is 2. The second-order valence-corrected chi connectivity index (χ2v) is 4.79. The molecular formula is C16H14N2O2. The third-order valence-corrected chi connectivity index (χ3v) is 3.30. The van der Waals surface area contributed by atoms with Gasteiger partial charge >= 0.3 is 5.97 Å². The summed E-state index contributed by atoms with van der Waals surface area (Å²) in [5, 5.41) is 10.1. The first-order valence-corrected chi connectivity index (χ1v) is 6.38. The number of benzene rings is 1. The number of hydrogen-bond donors (Lipinski definition) is 1. The predicted molar refractivity (Wildman–Crippen MR) is 77.0 cm³/mol. The fourth-order valence-corrected chi connectivity index (χ4v) is 2.32. The number of pyridine rings is 1. The van der Waals surface area contributed by atoms with Crippen LogP contribution in [0.15, 0.2) is 48.7 Å². The summed E-state index contributed by atoms with van der Waals surface area (Å²) >= 11 is 0. The quantitative estimate of drug-likeness (QED) is 0.792. The van der Waals surface area contributed by atoms with Crippen molar-refractivity contribution in [1.82, 2.24) is 9.55 Å². The van der Waals surface area contributed by atoms with Gasteiger partial charge < -0.3 is 9.67 Å². The van der Waals surface area contributed by atoms with Crippen molar-refractivity contribution in [2.75, 3.05) is 0 Å². The number of nitrogens with zero attached hydrogens (tertiary/aromatic N) is 2. The summed E-state index contributed by atoms with van der Waals surface area (Å²) in [6, 6.07) is 13.1. The highest BCUT2D eigenvalue weighted by molar-refractivity contribution is 5.93. The summed E-state index contributed by atoms with van der Waals surface area (Å²) in [6.45, 7) is 2.59. The van der Waals surface area contributed by atoms with Crippen molar-refractivity contribution >= 4 is 16.9 Å². The molecule has 0 saturated heterocycles. The third-order valence-electron chi connectivity index (χ3n) is 3.30. The van der Waals surface area contributed by atoms with E-state index in [9.17, 15) is 4.79 Å². The average molecular weight is 266 g/mol. The normalized spacial score (nSPS) is 10.8. The monoisotopic (exact) mass is 266 g/mol. The van der Waals surface area contributed by atoms with E-state index in [1.54, 1.807) is 12.1 Å². The van der Waals surface area contributed by atoms with Gasteiger partial charge in [0.15, 0.2) is 0 Å². The van der Waals surface area contributed by atoms with Crippen LogP contribution in [0, 0.1) is 6.92 Å². The lowest BCUT2D eigenvalue weighted by molar-refractivity contribution is 0.0697. The van der Waals surface area contributed by atoms with Gasteiger partial charge in [0.05, 0.1) is 17.8 Å². The van der Waals surface area contributed by atoms with Gasteiger partial charge in [-0.2, -0.15) is 0 Å². The van der Waals surface area contributed by atoms with Crippen molar-refractivity contribution in [2.24, 2.45) is 0 Å². The molecule has 4 nitrogen and oxygen atoms in total. The number of aromatic carboxylic acids is 1. The van der Waals surface area contributed by atoms with Crippen molar-refractivity contribution < 1.29 is 9.90 Å². The SMILES string of the molecule is Cc1cccc(Cn2ccc3ccc(C(=O)O)cc32)n1. The molecule has 3 aromatic rings. The Morgan fingerprint density at radius 3 is 2.85 bits per heavy atom. The Labute approximate surface area is 116 Å². The van der Waals surface area contributed by atoms with E-state index in [0.29, 0.717) is 12.1 Å². The highest BCUT2D eigenvalue weighted by Crippen LogP contribution is 2.19. The van der Waals surface area contributed by atoms with Gasteiger partial charge in [-0.1, -0.05) is 12.1 Å². The van der Waals surface area contributed by atoms with Crippen LogP contribution in [0.4, 0.5) is 0 Å². The molecule has 0 amide bonds. The first-order valence-electron chi connectivity index (χ1n) is 6.38. The molecule has 0 aliphatic rings. The van der Waals surface area contributed by atoms with Crippen molar-refractivity contribution in [1.29, 1.82) is 0 Å². The second kappa shape index (κ2) is 4.81. The Bertz CT molecular complexity index is 790. The van der Waals surface area contributed by atoms with Gasteiger partial charge in [0.1, 0.15) is 0 Å². The lowest BCUT2D eigenvalue weighted by Gasteiger charge is -2.06. The molecule has 1 N–H and O–H groups in total. The molecule has 0 fully saturated rings. The maximum atomic E-state index is 11.1. The van der Waals surface area contributed by atoms with E-state index in [0.717, 1.165) is 22.3 Å². The van der Waals surface area contributed by atoms with E-state index in [1.807, 2.05) is 48.0 Å². The Kier molecular flexibility index (Phi) is 2.99. The number of carboxylic acids is 1. The molecule has 0 spiro atoms. The molecule has 0 bridgehead atoms. The Balaban J connectivity index is 2.03. The molecule has 2 aromatic heterocycles. The summed E-state index contributed by atoms with van der Waals surface area (Å²) in [5.41, 5.74) is 3.15. The zero-order valence-electron chi connectivity index (χ0n) is 11.1. The van der Waals surface area contributed by atoms with Crippen LogP contribution in [0.1, 0.15) is 21.7 Å². The number of carboxylic acid groups (broad SMARTS) is 1. The highest BCUT2D eigenvalue weighted by atomic mass is 16.4. The predicted octanol–water partition coefficient (Wildman–Crippen LogP) is 3.09. The van der Waals surface area contributed by atoms with Crippen molar-refractivity contribution in [3.05, 3.63) is 65.6 Å². The average Bonchev–Trinajstić information content (AvgIpc) is 2.81. The number of aromatic nitrogens is 2. The van der Waals surface area contributed by atoms with Gasteiger partial charge in [0.25, 0.3) is 0 Å². The van der Waals surface area contributed by atoms with E-state index in [1.165, 1.54) is 0 Å². The Morgan fingerprint density at radius 1 is 1.25 bits per heavy atom. The minimum Gasteiger partial charge on any atom is -0.478 e. The summed E-state index contributed by atoms with van der Waals surface area (Å²) in [5.74, 6) is -0.909. The molecule has 20 heavy (non-hydrogen) atoms. The van der Waals surface area contributed by atoms with E-state index < -0.39 is 5.97 Å². The Morgan fingerprint density at radius 2 is 2.10 bits per heavy atom. The van der Waals surface area contributed by atoms with E-state index in [2.05, 4.69) is 4.98 Å². The number of rotatable bonds is 3. The number of aryl methyl sites for hydroxylation is 1. The fourth-order valence-electron chi connectivity index (χ4n) is 2.32. The molecule has 0 aliphatic carbocycles. The van der Waals surface area contributed by atoms with E-state index in [-0.39, 0.29) is 0 Å². The van der Waals surface area contributed by atoms with Gasteiger partial charge in [-0.25, -0.2) is 4.79 Å². The molecule has 1 aromatic carbocycles. The lowest BCUT2D eigenvalue weighted by atomic mass is 10.1. The number of carbonyl (C=O) groups is 1. The zero-order chi connectivity index (χ0) is 14.1. The molecule has 0 aliphatic heterocycles. The standard InChI is InChI=1S/C16H14N2O2/c1-11-3-2-4-14(17-11)10-18-8-7-12-5-6-13(16(19)20)9-15(12)18/h2-9H,10H2,1H3,(H,19,20). The third kappa shape index (κ3) is 2.28. The van der Waals surface area contributed by atoms with Crippen LogP contribution in [0.3, 0.4) is 0 Å². The van der Waals surface area contributed by atoms with Gasteiger partial charge in [-0.3, -0.25) is 4.98 Å². The molecular weight excluding hydrogens is 252 g/mol. The van der Waals surface area contributed by atoms with Crippen LogP contribution in [-0.4, -0.2) is 20.6 Å². The summed E-state index contributed by atoms with van der Waals surface area (Å²) in [6.07, 6.45) is 1.96. The summed E-state index contributed by atoms with van der Waals surface area (Å²) in [7, 11) is 0. The van der Waals surface area contributed by atoms with Crippen LogP contribution in [0.2, 0.25) is 0 Å². The highest BCUT2D eigenvalue weighted by Gasteiger charge is 2.07. The van der Waals surface area contributed by atoms with E-state index in [4.69, 9.17) is 5.11 Å². The zero-order valence-corrected chi connectivity index (χ0v) is 11.1. The van der Waals surface area contributed by atoms with Crippen molar-refractivity contribution in [3.8, 4) is 0 Å². The molecule has 4 heteroatoms. The molecule has 0 unspecified atom stereocenters. The smallest absolute Gasteiger partial charge is 0.335 e. The Hall–Kier alpha value is -2.62. The van der Waals surface area contributed by atoms with Crippen LogP contribution < -0.4 is 0 Å². The van der Waals surface area contributed by atoms with Crippen LogP contribution in [-0.2, 0) is 6.54 Å². The fraction of sp³-hybridized carbons (Fsp3) is 0.125. The van der Waals surface area contributed by atoms with Gasteiger partial charge in [-0.15, -0.1) is 0 Å². The minimum atomic E-state index is -0.909.